The van der Waals surface area contributed by atoms with E-state index < -0.39 is 0 Å². The Morgan fingerprint density at radius 1 is 0.972 bits per heavy atom. The number of nitrogens with zero attached hydrogens (tertiary/aromatic N) is 2. The molecule has 3 rings (SSSR count). The molecule has 0 fully saturated rings. The molecule has 7 heteroatoms. The van der Waals surface area contributed by atoms with Gasteiger partial charge in [-0.3, -0.25) is 9.59 Å². The van der Waals surface area contributed by atoms with Crippen molar-refractivity contribution in [2.24, 2.45) is 0 Å². The highest BCUT2D eigenvalue weighted by molar-refractivity contribution is 6.11. The third kappa shape index (κ3) is 6.26. The van der Waals surface area contributed by atoms with Crippen molar-refractivity contribution in [2.45, 2.75) is 52.9 Å². The maximum Gasteiger partial charge on any atom is 0.225 e. The van der Waals surface area contributed by atoms with Gasteiger partial charge in [0.15, 0.2) is 0 Å². The first kappa shape index (κ1) is 27.3. The van der Waals surface area contributed by atoms with Crippen molar-refractivity contribution < 1.29 is 19.1 Å². The standard InChI is InChI=1S/C29H39N3O4/c1-6-8-16-31(17-9-7-2)19-15-26(33)30-23-14-13-22(20-25(23)35-4)28(34)27-21(3)29(36-5)24-12-10-11-18-32(24)27/h10-14,18,20H,6-9,15-17,19H2,1-5H3,(H,30,33). The smallest absolute Gasteiger partial charge is 0.225 e. The summed E-state index contributed by atoms with van der Waals surface area (Å²) in [4.78, 5) is 28.6. The van der Waals surface area contributed by atoms with Crippen molar-refractivity contribution in [3.05, 3.63) is 59.4 Å². The molecular formula is C29H39N3O4. The number of fused-ring (bicyclic) bond motifs is 1. The molecule has 0 saturated carbocycles. The van der Waals surface area contributed by atoms with Crippen LogP contribution in [-0.4, -0.2) is 54.8 Å². The molecule has 2 aromatic heterocycles. The molecule has 1 N–H and O–H groups in total. The Bertz CT molecular complexity index is 1180. The van der Waals surface area contributed by atoms with E-state index in [1.165, 1.54) is 7.11 Å². The predicted octanol–water partition coefficient (Wildman–Crippen LogP) is 5.73. The van der Waals surface area contributed by atoms with Crippen molar-refractivity contribution in [3.8, 4) is 11.5 Å². The summed E-state index contributed by atoms with van der Waals surface area (Å²) in [6.45, 7) is 9.01. The van der Waals surface area contributed by atoms with Crippen LogP contribution in [0.2, 0.25) is 0 Å². The van der Waals surface area contributed by atoms with Gasteiger partial charge in [0, 0.05) is 30.3 Å². The summed E-state index contributed by atoms with van der Waals surface area (Å²) in [5.74, 6) is 0.925. The lowest BCUT2D eigenvalue weighted by molar-refractivity contribution is -0.116. The van der Waals surface area contributed by atoms with Crippen LogP contribution in [0.4, 0.5) is 5.69 Å². The summed E-state index contributed by atoms with van der Waals surface area (Å²) in [5.41, 5.74) is 3.19. The van der Waals surface area contributed by atoms with Gasteiger partial charge in [-0.05, 0) is 63.2 Å². The first-order valence-electron chi connectivity index (χ1n) is 12.8. The van der Waals surface area contributed by atoms with Gasteiger partial charge in [-0.2, -0.15) is 0 Å². The summed E-state index contributed by atoms with van der Waals surface area (Å²) in [6.07, 6.45) is 6.82. The second-order valence-electron chi connectivity index (χ2n) is 9.05. The number of hydrogen-bond donors (Lipinski definition) is 1. The Labute approximate surface area is 214 Å². The van der Waals surface area contributed by atoms with E-state index in [0.29, 0.717) is 34.9 Å². The van der Waals surface area contributed by atoms with Crippen LogP contribution < -0.4 is 14.8 Å². The molecule has 0 aliphatic heterocycles. The Balaban J connectivity index is 1.76. The molecule has 0 atom stereocenters. The van der Waals surface area contributed by atoms with Gasteiger partial charge in [0.05, 0.1) is 25.4 Å². The molecule has 36 heavy (non-hydrogen) atoms. The Hall–Kier alpha value is -3.32. The van der Waals surface area contributed by atoms with Crippen LogP contribution in [0.25, 0.3) is 5.52 Å². The fourth-order valence-corrected chi connectivity index (χ4v) is 4.48. The molecule has 0 bridgehead atoms. The van der Waals surface area contributed by atoms with Crippen LogP contribution in [0.1, 0.15) is 67.6 Å². The first-order chi connectivity index (χ1) is 17.4. The van der Waals surface area contributed by atoms with Gasteiger partial charge in [-0.15, -0.1) is 0 Å². The third-order valence-corrected chi connectivity index (χ3v) is 6.50. The van der Waals surface area contributed by atoms with E-state index >= 15 is 0 Å². The number of aromatic nitrogens is 1. The largest absolute Gasteiger partial charge is 0.495 e. The number of carbonyl (C=O) groups is 2. The average Bonchev–Trinajstić information content (AvgIpc) is 3.18. The zero-order valence-corrected chi connectivity index (χ0v) is 22.2. The second kappa shape index (κ2) is 13.1. The fraction of sp³-hybridized carbons (Fsp3) is 0.448. The van der Waals surface area contributed by atoms with Crippen molar-refractivity contribution in [3.63, 3.8) is 0 Å². The van der Waals surface area contributed by atoms with Crippen LogP contribution >= 0.6 is 0 Å². The van der Waals surface area contributed by atoms with Gasteiger partial charge in [0.25, 0.3) is 0 Å². The molecular weight excluding hydrogens is 454 g/mol. The minimum atomic E-state index is -0.143. The van der Waals surface area contributed by atoms with E-state index in [4.69, 9.17) is 9.47 Å². The predicted molar refractivity (Wildman–Crippen MR) is 145 cm³/mol. The van der Waals surface area contributed by atoms with Gasteiger partial charge in [-0.1, -0.05) is 32.8 Å². The van der Waals surface area contributed by atoms with E-state index in [-0.39, 0.29) is 11.7 Å². The van der Waals surface area contributed by atoms with Crippen LogP contribution in [-0.2, 0) is 4.79 Å². The maximum absolute atomic E-state index is 13.5. The van der Waals surface area contributed by atoms with Crippen LogP contribution in [0.5, 0.6) is 11.5 Å². The maximum atomic E-state index is 13.5. The molecule has 0 spiro atoms. The Morgan fingerprint density at radius 3 is 2.33 bits per heavy atom. The molecule has 2 heterocycles. The molecule has 0 aliphatic carbocycles. The number of ether oxygens (including phenoxy) is 2. The molecule has 0 saturated heterocycles. The summed E-state index contributed by atoms with van der Waals surface area (Å²) >= 11 is 0. The lowest BCUT2D eigenvalue weighted by atomic mass is 10.0. The lowest BCUT2D eigenvalue weighted by Crippen LogP contribution is -2.30. The SMILES string of the molecule is CCCCN(CCCC)CCC(=O)Nc1ccc(C(=O)c2c(C)c(OC)c3ccccn23)cc1OC. The molecule has 1 amide bonds. The monoisotopic (exact) mass is 493 g/mol. The number of hydrogen-bond acceptors (Lipinski definition) is 5. The minimum absolute atomic E-state index is 0.0662. The van der Waals surface area contributed by atoms with Crippen LogP contribution in [0, 0.1) is 6.92 Å². The molecule has 0 radical (unpaired) electrons. The number of pyridine rings is 1. The van der Waals surface area contributed by atoms with Crippen molar-refractivity contribution in [1.82, 2.24) is 9.30 Å². The number of unbranched alkanes of at least 4 members (excludes halogenated alkanes) is 2. The normalized spacial score (nSPS) is 11.2. The topological polar surface area (TPSA) is 72.3 Å². The Kier molecular flexibility index (Phi) is 9.94. The van der Waals surface area contributed by atoms with Gasteiger partial charge < -0.3 is 24.1 Å². The van der Waals surface area contributed by atoms with Crippen molar-refractivity contribution in [2.75, 3.05) is 39.2 Å². The first-order valence-corrected chi connectivity index (χ1v) is 12.8. The molecule has 1 aromatic carbocycles. The number of benzene rings is 1. The summed E-state index contributed by atoms with van der Waals surface area (Å²) in [6, 6.07) is 10.9. The van der Waals surface area contributed by atoms with Crippen LogP contribution in [0.3, 0.4) is 0 Å². The number of nitrogens with one attached hydrogen (secondary N) is 1. The summed E-state index contributed by atoms with van der Waals surface area (Å²) in [7, 11) is 3.15. The third-order valence-electron chi connectivity index (χ3n) is 6.50. The molecule has 194 valence electrons. The molecule has 0 unspecified atom stereocenters. The average molecular weight is 494 g/mol. The fourth-order valence-electron chi connectivity index (χ4n) is 4.48. The Morgan fingerprint density at radius 2 is 1.69 bits per heavy atom. The molecule has 7 nitrogen and oxygen atoms in total. The van der Waals surface area contributed by atoms with E-state index in [1.807, 2.05) is 35.7 Å². The van der Waals surface area contributed by atoms with Gasteiger partial charge in [-0.25, -0.2) is 0 Å². The van der Waals surface area contributed by atoms with Crippen molar-refractivity contribution >= 4 is 22.9 Å². The number of ketones is 1. The number of carbonyl (C=O) groups excluding carboxylic acids is 2. The van der Waals surface area contributed by atoms with Crippen LogP contribution in [0.15, 0.2) is 42.6 Å². The van der Waals surface area contributed by atoms with Crippen molar-refractivity contribution in [1.29, 1.82) is 0 Å². The highest BCUT2D eigenvalue weighted by Gasteiger charge is 2.23. The number of methoxy groups -OCH3 is 2. The number of amides is 1. The van der Waals surface area contributed by atoms with E-state index in [0.717, 1.165) is 56.4 Å². The lowest BCUT2D eigenvalue weighted by Gasteiger charge is -2.21. The van der Waals surface area contributed by atoms with E-state index in [1.54, 1.807) is 25.3 Å². The van der Waals surface area contributed by atoms with Gasteiger partial charge in [0.2, 0.25) is 11.7 Å². The second-order valence-corrected chi connectivity index (χ2v) is 9.05. The van der Waals surface area contributed by atoms with E-state index in [9.17, 15) is 9.59 Å². The number of anilines is 1. The highest BCUT2D eigenvalue weighted by atomic mass is 16.5. The zero-order chi connectivity index (χ0) is 26.1. The summed E-state index contributed by atoms with van der Waals surface area (Å²) < 4.78 is 13.0. The quantitative estimate of drug-likeness (QED) is 0.291. The number of rotatable bonds is 14. The molecule has 0 aliphatic rings. The van der Waals surface area contributed by atoms with Gasteiger partial charge in [0.1, 0.15) is 17.2 Å². The van der Waals surface area contributed by atoms with Gasteiger partial charge >= 0.3 is 0 Å². The minimum Gasteiger partial charge on any atom is -0.495 e. The molecule has 3 aromatic rings. The zero-order valence-electron chi connectivity index (χ0n) is 22.2. The van der Waals surface area contributed by atoms with E-state index in [2.05, 4.69) is 24.1 Å². The summed E-state index contributed by atoms with van der Waals surface area (Å²) in [5, 5.41) is 2.96. The highest BCUT2D eigenvalue weighted by Crippen LogP contribution is 2.33.